The molecule has 1 amide bonds. The largest absolute Gasteiger partial charge is 0.483 e. The average molecular weight is 288 g/mol. The van der Waals surface area contributed by atoms with Gasteiger partial charge in [-0.1, -0.05) is 18.2 Å². The highest BCUT2D eigenvalue weighted by Crippen LogP contribution is 2.16. The third-order valence-electron chi connectivity index (χ3n) is 3.18. The van der Waals surface area contributed by atoms with Crippen LogP contribution in [-0.2, 0) is 24.8 Å². The summed E-state index contributed by atoms with van der Waals surface area (Å²) in [5, 5.41) is 6.90. The molecule has 0 saturated carbocycles. The lowest BCUT2D eigenvalue weighted by Gasteiger charge is -2.10. The molecule has 0 bridgehead atoms. The molecular weight excluding hydrogens is 268 g/mol. The van der Waals surface area contributed by atoms with Crippen molar-refractivity contribution in [3.05, 3.63) is 47.8 Å². The van der Waals surface area contributed by atoms with E-state index in [1.165, 1.54) is 0 Å². The fraction of sp³-hybridized carbons (Fsp3) is 0.333. The number of carbonyl (C=O) groups is 1. The van der Waals surface area contributed by atoms with E-state index >= 15 is 0 Å². The maximum atomic E-state index is 11.7. The highest BCUT2D eigenvalue weighted by Gasteiger charge is 2.06. The van der Waals surface area contributed by atoms with Crippen LogP contribution in [0, 0.1) is 0 Å². The standard InChI is InChI=1S/C15H20N4O2/c1-19-13(7-9-18-19)6-8-17-15(20)11-21-14-5-3-2-4-12(14)10-16/h2-5,7,9H,6,8,10-11,16H2,1H3,(H,17,20). The fourth-order valence-electron chi connectivity index (χ4n) is 1.98. The molecule has 0 saturated heterocycles. The molecule has 0 fully saturated rings. The first-order valence-corrected chi connectivity index (χ1v) is 6.85. The number of para-hydroxylation sites is 1. The minimum atomic E-state index is -0.149. The van der Waals surface area contributed by atoms with Crippen LogP contribution in [0.15, 0.2) is 36.5 Å². The molecule has 0 aliphatic heterocycles. The summed E-state index contributed by atoms with van der Waals surface area (Å²) in [6, 6.07) is 9.37. The van der Waals surface area contributed by atoms with E-state index in [0.717, 1.165) is 17.7 Å². The molecule has 6 heteroatoms. The van der Waals surface area contributed by atoms with Crippen molar-refractivity contribution in [1.29, 1.82) is 0 Å². The van der Waals surface area contributed by atoms with E-state index in [4.69, 9.17) is 10.5 Å². The number of nitrogens with one attached hydrogen (secondary N) is 1. The van der Waals surface area contributed by atoms with Crippen molar-refractivity contribution in [3.8, 4) is 5.75 Å². The molecule has 3 N–H and O–H groups in total. The Morgan fingerprint density at radius 3 is 2.90 bits per heavy atom. The summed E-state index contributed by atoms with van der Waals surface area (Å²) >= 11 is 0. The molecule has 0 aliphatic rings. The first-order valence-electron chi connectivity index (χ1n) is 6.85. The van der Waals surface area contributed by atoms with Gasteiger partial charge in [-0.15, -0.1) is 0 Å². The van der Waals surface area contributed by atoms with Gasteiger partial charge in [0.1, 0.15) is 5.75 Å². The maximum Gasteiger partial charge on any atom is 0.257 e. The lowest BCUT2D eigenvalue weighted by Crippen LogP contribution is -2.31. The SMILES string of the molecule is Cn1nccc1CCNC(=O)COc1ccccc1CN. The number of amides is 1. The molecule has 0 spiro atoms. The van der Waals surface area contributed by atoms with Gasteiger partial charge in [0, 0.05) is 44.0 Å². The average Bonchev–Trinajstić information content (AvgIpc) is 2.91. The molecule has 1 aromatic carbocycles. The van der Waals surface area contributed by atoms with E-state index in [1.54, 1.807) is 10.9 Å². The Hall–Kier alpha value is -2.34. The van der Waals surface area contributed by atoms with Gasteiger partial charge in [-0.25, -0.2) is 0 Å². The van der Waals surface area contributed by atoms with E-state index in [9.17, 15) is 4.79 Å². The zero-order valence-electron chi connectivity index (χ0n) is 12.1. The molecule has 0 aliphatic carbocycles. The zero-order valence-corrected chi connectivity index (χ0v) is 12.1. The number of hydrogen-bond acceptors (Lipinski definition) is 4. The molecule has 1 aromatic heterocycles. The lowest BCUT2D eigenvalue weighted by atomic mass is 10.2. The number of aromatic nitrogens is 2. The van der Waals surface area contributed by atoms with E-state index in [-0.39, 0.29) is 12.5 Å². The Morgan fingerprint density at radius 1 is 1.38 bits per heavy atom. The molecule has 0 radical (unpaired) electrons. The minimum absolute atomic E-state index is 0.0115. The molecule has 21 heavy (non-hydrogen) atoms. The van der Waals surface area contributed by atoms with Gasteiger partial charge in [-0.05, 0) is 12.1 Å². The van der Waals surface area contributed by atoms with Crippen molar-refractivity contribution in [3.63, 3.8) is 0 Å². The van der Waals surface area contributed by atoms with Gasteiger partial charge in [0.2, 0.25) is 0 Å². The highest BCUT2D eigenvalue weighted by molar-refractivity contribution is 5.77. The number of hydrogen-bond donors (Lipinski definition) is 2. The van der Waals surface area contributed by atoms with Crippen molar-refractivity contribution in [2.75, 3.05) is 13.2 Å². The first kappa shape index (κ1) is 15.1. The van der Waals surface area contributed by atoms with Gasteiger partial charge in [0.15, 0.2) is 6.61 Å². The molecule has 2 rings (SSSR count). The molecule has 0 atom stereocenters. The van der Waals surface area contributed by atoms with Crippen LogP contribution in [0.5, 0.6) is 5.75 Å². The summed E-state index contributed by atoms with van der Waals surface area (Å²) in [7, 11) is 1.88. The van der Waals surface area contributed by atoms with Crippen LogP contribution >= 0.6 is 0 Å². The molecule has 6 nitrogen and oxygen atoms in total. The van der Waals surface area contributed by atoms with E-state index in [0.29, 0.717) is 18.8 Å². The Bertz CT molecular complexity index is 595. The molecule has 2 aromatic rings. The van der Waals surface area contributed by atoms with Crippen LogP contribution in [0.25, 0.3) is 0 Å². The summed E-state index contributed by atoms with van der Waals surface area (Å²) in [6.45, 7) is 0.931. The molecule has 112 valence electrons. The number of nitrogens with two attached hydrogens (primary N) is 1. The Morgan fingerprint density at radius 2 is 2.19 bits per heavy atom. The van der Waals surface area contributed by atoms with E-state index in [2.05, 4.69) is 10.4 Å². The Labute approximate surface area is 123 Å². The number of carbonyl (C=O) groups excluding carboxylic acids is 1. The highest BCUT2D eigenvalue weighted by atomic mass is 16.5. The molecular formula is C15H20N4O2. The summed E-state index contributed by atoms with van der Waals surface area (Å²) in [5.41, 5.74) is 7.58. The second-order valence-corrected chi connectivity index (χ2v) is 4.65. The third-order valence-corrected chi connectivity index (χ3v) is 3.18. The smallest absolute Gasteiger partial charge is 0.257 e. The second-order valence-electron chi connectivity index (χ2n) is 4.65. The van der Waals surface area contributed by atoms with Gasteiger partial charge in [0.05, 0.1) is 0 Å². The number of aryl methyl sites for hydroxylation is 1. The Balaban J connectivity index is 1.74. The normalized spacial score (nSPS) is 10.4. The van der Waals surface area contributed by atoms with Crippen LogP contribution < -0.4 is 15.8 Å². The van der Waals surface area contributed by atoms with Gasteiger partial charge in [-0.3, -0.25) is 9.48 Å². The van der Waals surface area contributed by atoms with Crippen molar-refractivity contribution in [2.24, 2.45) is 12.8 Å². The topological polar surface area (TPSA) is 82.2 Å². The predicted octanol–water partition coefficient (Wildman–Crippen LogP) is 0.616. The quantitative estimate of drug-likeness (QED) is 0.782. The summed E-state index contributed by atoms with van der Waals surface area (Å²) in [5.74, 6) is 0.505. The van der Waals surface area contributed by atoms with E-state index < -0.39 is 0 Å². The van der Waals surface area contributed by atoms with Crippen molar-refractivity contribution in [1.82, 2.24) is 15.1 Å². The minimum Gasteiger partial charge on any atom is -0.483 e. The van der Waals surface area contributed by atoms with Gasteiger partial charge >= 0.3 is 0 Å². The van der Waals surface area contributed by atoms with Gasteiger partial charge < -0.3 is 15.8 Å². The van der Waals surface area contributed by atoms with Crippen molar-refractivity contribution in [2.45, 2.75) is 13.0 Å². The predicted molar refractivity (Wildman–Crippen MR) is 79.8 cm³/mol. The van der Waals surface area contributed by atoms with Crippen LogP contribution in [-0.4, -0.2) is 28.8 Å². The summed E-state index contributed by atoms with van der Waals surface area (Å²) in [6.07, 6.45) is 2.48. The van der Waals surface area contributed by atoms with E-state index in [1.807, 2.05) is 37.4 Å². The summed E-state index contributed by atoms with van der Waals surface area (Å²) < 4.78 is 7.28. The van der Waals surface area contributed by atoms with Crippen LogP contribution in [0.4, 0.5) is 0 Å². The van der Waals surface area contributed by atoms with Crippen LogP contribution in [0.1, 0.15) is 11.3 Å². The molecule has 1 heterocycles. The monoisotopic (exact) mass is 288 g/mol. The first-order chi connectivity index (χ1) is 10.2. The van der Waals surface area contributed by atoms with Crippen molar-refractivity contribution >= 4 is 5.91 Å². The number of ether oxygens (including phenoxy) is 1. The van der Waals surface area contributed by atoms with Gasteiger partial charge in [-0.2, -0.15) is 5.10 Å². The number of benzene rings is 1. The summed E-state index contributed by atoms with van der Waals surface area (Å²) in [4.78, 5) is 11.7. The van der Waals surface area contributed by atoms with Crippen molar-refractivity contribution < 1.29 is 9.53 Å². The van der Waals surface area contributed by atoms with Gasteiger partial charge in [0.25, 0.3) is 5.91 Å². The second kappa shape index (κ2) is 7.44. The maximum absolute atomic E-state index is 11.7. The zero-order chi connectivity index (χ0) is 15.1. The molecule has 0 unspecified atom stereocenters. The lowest BCUT2D eigenvalue weighted by molar-refractivity contribution is -0.123. The number of rotatable bonds is 7. The van der Waals surface area contributed by atoms with Crippen LogP contribution in [0.2, 0.25) is 0 Å². The third kappa shape index (κ3) is 4.32. The fourth-order valence-corrected chi connectivity index (χ4v) is 1.98. The van der Waals surface area contributed by atoms with Crippen LogP contribution in [0.3, 0.4) is 0 Å². The number of nitrogens with zero attached hydrogens (tertiary/aromatic N) is 2. The Kier molecular flexibility index (Phi) is 5.34.